The Morgan fingerprint density at radius 2 is 2.05 bits per heavy atom. The highest BCUT2D eigenvalue weighted by atomic mass is 16.5. The Bertz CT molecular complexity index is 533. The zero-order chi connectivity index (χ0) is 15.3. The van der Waals surface area contributed by atoms with E-state index in [9.17, 15) is 9.59 Å². The summed E-state index contributed by atoms with van der Waals surface area (Å²) in [5.41, 5.74) is 1.69. The van der Waals surface area contributed by atoms with Gasteiger partial charge in [-0.25, -0.2) is 4.79 Å². The molecular formula is C15H23NO4. The van der Waals surface area contributed by atoms with Crippen LogP contribution in [0.3, 0.4) is 0 Å². The van der Waals surface area contributed by atoms with E-state index in [0.29, 0.717) is 36.6 Å². The monoisotopic (exact) mass is 281 g/mol. The molecule has 1 aromatic heterocycles. The van der Waals surface area contributed by atoms with Crippen LogP contribution in [-0.4, -0.2) is 30.9 Å². The third kappa shape index (κ3) is 3.70. The molecule has 0 fully saturated rings. The first-order valence-corrected chi connectivity index (χ1v) is 6.79. The van der Waals surface area contributed by atoms with Crippen LogP contribution in [-0.2, 0) is 16.0 Å². The van der Waals surface area contributed by atoms with Crippen LogP contribution in [0.15, 0.2) is 10.9 Å². The molecule has 0 aromatic carbocycles. The minimum absolute atomic E-state index is 0.101. The number of aryl methyl sites for hydroxylation is 1. The number of carbonyl (C=O) groups is 1. The van der Waals surface area contributed by atoms with Crippen LogP contribution < -0.4 is 5.56 Å². The molecule has 0 aliphatic rings. The van der Waals surface area contributed by atoms with Crippen LogP contribution in [0.2, 0.25) is 0 Å². The van der Waals surface area contributed by atoms with Crippen LogP contribution >= 0.6 is 0 Å². The highest BCUT2D eigenvalue weighted by Crippen LogP contribution is 2.14. The SMILES string of the molecule is CCOC(=O)c1c(C)cc(=O)n(CC(C)COC)c1C. The molecule has 1 rings (SSSR count). The van der Waals surface area contributed by atoms with Crippen LogP contribution in [0.1, 0.15) is 35.5 Å². The maximum atomic E-state index is 12.1. The number of aromatic nitrogens is 1. The average molecular weight is 281 g/mol. The van der Waals surface area contributed by atoms with Crippen molar-refractivity contribution >= 4 is 5.97 Å². The fourth-order valence-corrected chi connectivity index (χ4v) is 2.31. The maximum absolute atomic E-state index is 12.1. The van der Waals surface area contributed by atoms with E-state index < -0.39 is 0 Å². The Morgan fingerprint density at radius 1 is 1.40 bits per heavy atom. The maximum Gasteiger partial charge on any atom is 0.340 e. The topological polar surface area (TPSA) is 57.5 Å². The number of rotatable bonds is 6. The Balaban J connectivity index is 3.22. The molecule has 0 radical (unpaired) electrons. The predicted molar refractivity (Wildman–Crippen MR) is 77.2 cm³/mol. The van der Waals surface area contributed by atoms with Crippen LogP contribution in [0.25, 0.3) is 0 Å². The summed E-state index contributed by atoms with van der Waals surface area (Å²) < 4.78 is 11.8. The highest BCUT2D eigenvalue weighted by Gasteiger charge is 2.18. The average Bonchev–Trinajstić information content (AvgIpc) is 2.35. The van der Waals surface area contributed by atoms with Gasteiger partial charge in [0, 0.05) is 25.4 Å². The smallest absolute Gasteiger partial charge is 0.340 e. The number of carbonyl (C=O) groups excluding carboxylic acids is 1. The van der Waals surface area contributed by atoms with Crippen LogP contribution in [0, 0.1) is 19.8 Å². The summed E-state index contributed by atoms with van der Waals surface area (Å²) in [6, 6.07) is 1.48. The van der Waals surface area contributed by atoms with Crippen molar-refractivity contribution in [2.24, 2.45) is 5.92 Å². The van der Waals surface area contributed by atoms with Crippen molar-refractivity contribution in [3.63, 3.8) is 0 Å². The zero-order valence-corrected chi connectivity index (χ0v) is 12.9. The van der Waals surface area contributed by atoms with Crippen molar-refractivity contribution < 1.29 is 14.3 Å². The largest absolute Gasteiger partial charge is 0.462 e. The molecule has 0 amide bonds. The van der Waals surface area contributed by atoms with Crippen molar-refractivity contribution in [3.05, 3.63) is 33.2 Å². The zero-order valence-electron chi connectivity index (χ0n) is 12.9. The molecule has 1 aromatic rings. The van der Waals surface area contributed by atoms with E-state index in [0.717, 1.165) is 0 Å². The lowest BCUT2D eigenvalue weighted by atomic mass is 10.1. The summed E-state index contributed by atoms with van der Waals surface area (Å²) in [4.78, 5) is 24.1. The van der Waals surface area contributed by atoms with E-state index in [-0.39, 0.29) is 17.4 Å². The van der Waals surface area contributed by atoms with Gasteiger partial charge in [-0.2, -0.15) is 0 Å². The number of nitrogens with zero attached hydrogens (tertiary/aromatic N) is 1. The Kier molecular flexibility index (Phi) is 5.95. The fourth-order valence-electron chi connectivity index (χ4n) is 2.31. The van der Waals surface area contributed by atoms with Gasteiger partial charge in [0.15, 0.2) is 0 Å². The summed E-state index contributed by atoms with van der Waals surface area (Å²) in [7, 11) is 1.63. The molecule has 1 atom stereocenters. The summed E-state index contributed by atoms with van der Waals surface area (Å²) >= 11 is 0. The van der Waals surface area contributed by atoms with E-state index in [1.54, 1.807) is 32.4 Å². The van der Waals surface area contributed by atoms with Crippen molar-refractivity contribution in [1.82, 2.24) is 4.57 Å². The normalized spacial score (nSPS) is 12.2. The second-order valence-electron chi connectivity index (χ2n) is 5.02. The van der Waals surface area contributed by atoms with Crippen molar-refractivity contribution in [2.75, 3.05) is 20.3 Å². The number of ether oxygens (including phenoxy) is 2. The Labute approximate surface area is 119 Å². The second kappa shape index (κ2) is 7.24. The van der Waals surface area contributed by atoms with Gasteiger partial charge in [0.05, 0.1) is 18.8 Å². The van der Waals surface area contributed by atoms with Gasteiger partial charge in [-0.3, -0.25) is 4.79 Å². The van der Waals surface area contributed by atoms with E-state index >= 15 is 0 Å². The van der Waals surface area contributed by atoms with Gasteiger partial charge < -0.3 is 14.0 Å². The van der Waals surface area contributed by atoms with Crippen molar-refractivity contribution in [1.29, 1.82) is 0 Å². The number of esters is 1. The minimum Gasteiger partial charge on any atom is -0.462 e. The molecule has 1 unspecified atom stereocenters. The molecule has 0 N–H and O–H groups in total. The predicted octanol–water partition coefficient (Wildman–Crippen LogP) is 1.92. The number of pyridine rings is 1. The number of hydrogen-bond acceptors (Lipinski definition) is 4. The van der Waals surface area contributed by atoms with E-state index in [1.165, 1.54) is 6.07 Å². The lowest BCUT2D eigenvalue weighted by Gasteiger charge is -2.18. The molecule has 0 saturated heterocycles. The van der Waals surface area contributed by atoms with Crippen LogP contribution in [0.5, 0.6) is 0 Å². The lowest BCUT2D eigenvalue weighted by Crippen LogP contribution is -2.29. The Hall–Kier alpha value is -1.62. The van der Waals surface area contributed by atoms with Gasteiger partial charge in [-0.05, 0) is 32.3 Å². The van der Waals surface area contributed by atoms with Gasteiger partial charge in [-0.1, -0.05) is 6.92 Å². The standard InChI is InChI=1S/C15H23NO4/c1-6-20-15(18)14-11(3)7-13(17)16(12(14)4)8-10(2)9-19-5/h7,10H,6,8-9H2,1-5H3. The quantitative estimate of drug-likeness (QED) is 0.748. The fraction of sp³-hybridized carbons (Fsp3) is 0.600. The van der Waals surface area contributed by atoms with Crippen LogP contribution in [0.4, 0.5) is 0 Å². The van der Waals surface area contributed by atoms with Gasteiger partial charge >= 0.3 is 5.97 Å². The van der Waals surface area contributed by atoms with Gasteiger partial charge in [0.25, 0.3) is 5.56 Å². The molecule has 5 heteroatoms. The summed E-state index contributed by atoms with van der Waals surface area (Å²) in [5, 5.41) is 0. The first kappa shape index (κ1) is 16.4. The van der Waals surface area contributed by atoms with Gasteiger partial charge in [0.2, 0.25) is 0 Å². The third-order valence-corrected chi connectivity index (χ3v) is 3.19. The van der Waals surface area contributed by atoms with E-state index in [2.05, 4.69) is 0 Å². The van der Waals surface area contributed by atoms with Gasteiger partial charge in [0.1, 0.15) is 0 Å². The van der Waals surface area contributed by atoms with E-state index in [4.69, 9.17) is 9.47 Å². The molecule has 0 bridgehead atoms. The number of methoxy groups -OCH3 is 1. The highest BCUT2D eigenvalue weighted by molar-refractivity contribution is 5.92. The molecule has 20 heavy (non-hydrogen) atoms. The second-order valence-corrected chi connectivity index (χ2v) is 5.02. The van der Waals surface area contributed by atoms with E-state index in [1.807, 2.05) is 6.92 Å². The molecule has 0 saturated carbocycles. The molecule has 5 nitrogen and oxygen atoms in total. The molecule has 0 spiro atoms. The molecule has 112 valence electrons. The molecule has 0 aliphatic carbocycles. The van der Waals surface area contributed by atoms with Crippen molar-refractivity contribution in [2.45, 2.75) is 34.2 Å². The van der Waals surface area contributed by atoms with Gasteiger partial charge in [-0.15, -0.1) is 0 Å². The number of hydrogen-bond donors (Lipinski definition) is 0. The first-order valence-electron chi connectivity index (χ1n) is 6.79. The lowest BCUT2D eigenvalue weighted by molar-refractivity contribution is 0.0523. The first-order chi connectivity index (χ1) is 9.42. The summed E-state index contributed by atoms with van der Waals surface area (Å²) in [6.45, 7) is 8.69. The molecule has 0 aliphatic heterocycles. The van der Waals surface area contributed by atoms with Crippen molar-refractivity contribution in [3.8, 4) is 0 Å². The molecular weight excluding hydrogens is 258 g/mol. The molecule has 1 heterocycles. The summed E-state index contributed by atoms with van der Waals surface area (Å²) in [6.07, 6.45) is 0. The third-order valence-electron chi connectivity index (χ3n) is 3.19. The summed E-state index contributed by atoms with van der Waals surface area (Å²) in [5.74, 6) is -0.190. The Morgan fingerprint density at radius 3 is 2.60 bits per heavy atom. The minimum atomic E-state index is -0.379.